The van der Waals surface area contributed by atoms with Crippen LogP contribution < -0.4 is 4.90 Å². The standard InChI is InChI=1S/C19H22BrFN2/c1-14-5-3-8-19(15(14)2)23-11-9-22(10-12-23)13-16-17(20)6-4-7-18(16)21/h3-8H,9-13H2,1-2H3. The van der Waals surface area contributed by atoms with Crippen LogP contribution in [0, 0.1) is 19.7 Å². The highest BCUT2D eigenvalue weighted by Gasteiger charge is 2.20. The Hall–Kier alpha value is -1.39. The molecule has 0 atom stereocenters. The molecule has 1 fully saturated rings. The second-order valence-electron chi connectivity index (χ2n) is 6.18. The Balaban J connectivity index is 1.66. The molecular weight excluding hydrogens is 355 g/mol. The molecule has 4 heteroatoms. The van der Waals surface area contributed by atoms with E-state index in [1.165, 1.54) is 22.9 Å². The Labute approximate surface area is 146 Å². The second kappa shape index (κ2) is 7.02. The van der Waals surface area contributed by atoms with Gasteiger partial charge in [-0.25, -0.2) is 4.39 Å². The highest BCUT2D eigenvalue weighted by Crippen LogP contribution is 2.25. The van der Waals surface area contributed by atoms with Crippen molar-refractivity contribution in [1.29, 1.82) is 0 Å². The molecule has 0 unspecified atom stereocenters. The van der Waals surface area contributed by atoms with Gasteiger partial charge in [0.15, 0.2) is 0 Å². The van der Waals surface area contributed by atoms with E-state index >= 15 is 0 Å². The van der Waals surface area contributed by atoms with E-state index in [1.807, 2.05) is 6.07 Å². The summed E-state index contributed by atoms with van der Waals surface area (Å²) < 4.78 is 14.8. The van der Waals surface area contributed by atoms with Gasteiger partial charge in [-0.15, -0.1) is 0 Å². The van der Waals surface area contributed by atoms with Gasteiger partial charge in [0.2, 0.25) is 0 Å². The van der Waals surface area contributed by atoms with Gasteiger partial charge in [0, 0.05) is 48.4 Å². The summed E-state index contributed by atoms with van der Waals surface area (Å²) in [5, 5.41) is 0. The lowest BCUT2D eigenvalue weighted by Gasteiger charge is -2.37. The summed E-state index contributed by atoms with van der Waals surface area (Å²) in [5.41, 5.74) is 4.78. The van der Waals surface area contributed by atoms with E-state index in [-0.39, 0.29) is 5.82 Å². The van der Waals surface area contributed by atoms with E-state index in [9.17, 15) is 4.39 Å². The van der Waals surface area contributed by atoms with Crippen LogP contribution in [0.1, 0.15) is 16.7 Å². The van der Waals surface area contributed by atoms with Crippen LogP contribution in [0.15, 0.2) is 40.9 Å². The minimum Gasteiger partial charge on any atom is -0.369 e. The predicted octanol–water partition coefficient (Wildman–Crippen LogP) is 4.53. The molecule has 1 aliphatic heterocycles. The average molecular weight is 377 g/mol. The Morgan fingerprint density at radius 1 is 1.00 bits per heavy atom. The molecule has 2 aromatic rings. The highest BCUT2D eigenvalue weighted by atomic mass is 79.9. The number of piperazine rings is 1. The number of benzene rings is 2. The molecule has 0 aromatic heterocycles. The zero-order valence-electron chi connectivity index (χ0n) is 13.6. The minimum atomic E-state index is -0.128. The molecule has 3 rings (SSSR count). The van der Waals surface area contributed by atoms with E-state index in [4.69, 9.17) is 0 Å². The normalized spacial score (nSPS) is 15.9. The fourth-order valence-corrected chi connectivity index (χ4v) is 3.60. The highest BCUT2D eigenvalue weighted by molar-refractivity contribution is 9.10. The van der Waals surface area contributed by atoms with Crippen LogP contribution in [0.3, 0.4) is 0 Å². The predicted molar refractivity (Wildman–Crippen MR) is 97.5 cm³/mol. The molecule has 0 spiro atoms. The fraction of sp³-hybridized carbons (Fsp3) is 0.368. The molecule has 23 heavy (non-hydrogen) atoms. The minimum absolute atomic E-state index is 0.128. The summed E-state index contributed by atoms with van der Waals surface area (Å²) in [7, 11) is 0. The van der Waals surface area contributed by atoms with Gasteiger partial charge in [-0.2, -0.15) is 0 Å². The molecule has 1 saturated heterocycles. The third kappa shape index (κ3) is 3.59. The number of aryl methyl sites for hydroxylation is 1. The Kier molecular flexibility index (Phi) is 5.02. The maximum atomic E-state index is 14.0. The van der Waals surface area contributed by atoms with E-state index in [0.717, 1.165) is 36.2 Å². The van der Waals surface area contributed by atoms with E-state index in [2.05, 4.69) is 57.8 Å². The maximum absolute atomic E-state index is 14.0. The topological polar surface area (TPSA) is 6.48 Å². The van der Waals surface area contributed by atoms with E-state index < -0.39 is 0 Å². The first kappa shape index (κ1) is 16.5. The summed E-state index contributed by atoms with van der Waals surface area (Å²) in [6, 6.07) is 11.7. The summed E-state index contributed by atoms with van der Waals surface area (Å²) in [6.45, 7) is 8.88. The molecule has 1 aliphatic rings. The number of halogens is 2. The van der Waals surface area contributed by atoms with Crippen LogP contribution in [0.2, 0.25) is 0 Å². The molecule has 0 amide bonds. The summed E-state index contributed by atoms with van der Waals surface area (Å²) >= 11 is 3.46. The number of anilines is 1. The van der Waals surface area contributed by atoms with Crippen molar-refractivity contribution in [3.05, 3.63) is 63.4 Å². The summed E-state index contributed by atoms with van der Waals surface area (Å²) in [4.78, 5) is 4.76. The van der Waals surface area contributed by atoms with Gasteiger partial charge in [0.25, 0.3) is 0 Å². The van der Waals surface area contributed by atoms with Gasteiger partial charge in [-0.05, 0) is 43.2 Å². The SMILES string of the molecule is Cc1cccc(N2CCN(Cc3c(F)cccc3Br)CC2)c1C. The molecule has 0 N–H and O–H groups in total. The van der Waals surface area contributed by atoms with Crippen LogP contribution in [0.5, 0.6) is 0 Å². The molecule has 0 bridgehead atoms. The molecule has 0 saturated carbocycles. The van der Waals surface area contributed by atoms with Gasteiger partial charge in [0.05, 0.1) is 0 Å². The van der Waals surface area contributed by atoms with Gasteiger partial charge >= 0.3 is 0 Å². The molecular formula is C19H22BrFN2. The van der Waals surface area contributed by atoms with Gasteiger partial charge in [-0.1, -0.05) is 34.1 Å². The summed E-state index contributed by atoms with van der Waals surface area (Å²) in [5.74, 6) is -0.128. The van der Waals surface area contributed by atoms with Crippen molar-refractivity contribution in [1.82, 2.24) is 4.90 Å². The fourth-order valence-electron chi connectivity index (χ4n) is 3.13. The first-order valence-corrected chi connectivity index (χ1v) is 8.82. The number of hydrogen-bond donors (Lipinski definition) is 0. The first-order chi connectivity index (χ1) is 11.1. The van der Waals surface area contributed by atoms with Crippen molar-refractivity contribution in [3.8, 4) is 0 Å². The summed E-state index contributed by atoms with van der Waals surface area (Å²) in [6.07, 6.45) is 0. The van der Waals surface area contributed by atoms with Crippen molar-refractivity contribution in [2.45, 2.75) is 20.4 Å². The molecule has 0 aliphatic carbocycles. The van der Waals surface area contributed by atoms with Gasteiger partial charge in [-0.3, -0.25) is 4.90 Å². The lowest BCUT2D eigenvalue weighted by Crippen LogP contribution is -2.46. The second-order valence-corrected chi connectivity index (χ2v) is 7.04. The molecule has 2 nitrogen and oxygen atoms in total. The first-order valence-electron chi connectivity index (χ1n) is 8.02. The smallest absolute Gasteiger partial charge is 0.128 e. The number of rotatable bonds is 3. The number of hydrogen-bond acceptors (Lipinski definition) is 2. The molecule has 0 radical (unpaired) electrons. The molecule has 1 heterocycles. The van der Waals surface area contributed by atoms with Crippen LogP contribution >= 0.6 is 15.9 Å². The van der Waals surface area contributed by atoms with Crippen molar-refractivity contribution < 1.29 is 4.39 Å². The Bertz CT molecular complexity index is 674. The van der Waals surface area contributed by atoms with Crippen molar-refractivity contribution in [2.24, 2.45) is 0 Å². The van der Waals surface area contributed by atoms with Crippen LogP contribution in [-0.2, 0) is 6.54 Å². The third-order valence-corrected chi connectivity index (χ3v) is 5.48. The molecule has 2 aromatic carbocycles. The number of nitrogens with zero attached hydrogens (tertiary/aromatic N) is 2. The van der Waals surface area contributed by atoms with Crippen molar-refractivity contribution >= 4 is 21.6 Å². The quantitative estimate of drug-likeness (QED) is 0.776. The van der Waals surface area contributed by atoms with Crippen molar-refractivity contribution in [3.63, 3.8) is 0 Å². The lowest BCUT2D eigenvalue weighted by atomic mass is 10.1. The average Bonchev–Trinajstić information content (AvgIpc) is 2.54. The van der Waals surface area contributed by atoms with Crippen LogP contribution in [-0.4, -0.2) is 31.1 Å². The zero-order valence-corrected chi connectivity index (χ0v) is 15.2. The zero-order chi connectivity index (χ0) is 16.4. The van der Waals surface area contributed by atoms with Crippen LogP contribution in [0.4, 0.5) is 10.1 Å². The lowest BCUT2D eigenvalue weighted by molar-refractivity contribution is 0.246. The third-order valence-electron chi connectivity index (χ3n) is 4.73. The maximum Gasteiger partial charge on any atom is 0.128 e. The monoisotopic (exact) mass is 376 g/mol. The van der Waals surface area contributed by atoms with E-state index in [1.54, 1.807) is 6.07 Å². The van der Waals surface area contributed by atoms with Gasteiger partial charge < -0.3 is 4.90 Å². The van der Waals surface area contributed by atoms with Gasteiger partial charge in [0.1, 0.15) is 5.82 Å². The van der Waals surface area contributed by atoms with E-state index in [0.29, 0.717) is 6.54 Å². The Morgan fingerprint density at radius 3 is 2.39 bits per heavy atom. The van der Waals surface area contributed by atoms with Crippen molar-refractivity contribution in [2.75, 3.05) is 31.1 Å². The van der Waals surface area contributed by atoms with Crippen LogP contribution in [0.25, 0.3) is 0 Å². The largest absolute Gasteiger partial charge is 0.369 e. The molecule has 122 valence electrons. The Morgan fingerprint density at radius 2 is 1.70 bits per heavy atom.